The first kappa shape index (κ1) is 15.3. The Balaban J connectivity index is 2.18. The van der Waals surface area contributed by atoms with Crippen LogP contribution in [0.25, 0.3) is 0 Å². The van der Waals surface area contributed by atoms with Crippen LogP contribution < -0.4 is 5.73 Å². The summed E-state index contributed by atoms with van der Waals surface area (Å²) in [7, 11) is 4.17. The molecule has 1 aromatic rings. The summed E-state index contributed by atoms with van der Waals surface area (Å²) in [6.07, 6.45) is 8.92. The highest BCUT2D eigenvalue weighted by Gasteiger charge is 2.40. The molecular weight excluding hydrogens is 250 g/mol. The summed E-state index contributed by atoms with van der Waals surface area (Å²) >= 11 is 0. The van der Waals surface area contributed by atoms with Gasteiger partial charge >= 0.3 is 0 Å². The zero-order valence-electron chi connectivity index (χ0n) is 12.7. The van der Waals surface area contributed by atoms with Crippen molar-refractivity contribution in [3.8, 4) is 0 Å². The Labute approximate surface area is 122 Å². The van der Waals surface area contributed by atoms with Crippen LogP contribution >= 0.6 is 0 Å². The SMILES string of the molecule is CN(C)C1(C(O)Cc2cccnc2N)CCCCCC1. The Bertz CT molecular complexity index is 425. The van der Waals surface area contributed by atoms with E-state index in [0.717, 1.165) is 18.4 Å². The predicted molar refractivity (Wildman–Crippen MR) is 82.5 cm³/mol. The number of anilines is 1. The number of aromatic nitrogens is 1. The van der Waals surface area contributed by atoms with Gasteiger partial charge in [-0.15, -0.1) is 0 Å². The van der Waals surface area contributed by atoms with Gasteiger partial charge in [0, 0.05) is 18.2 Å². The number of nitrogens with two attached hydrogens (primary N) is 1. The Hall–Kier alpha value is -1.13. The largest absolute Gasteiger partial charge is 0.391 e. The summed E-state index contributed by atoms with van der Waals surface area (Å²) in [6.45, 7) is 0. The minimum atomic E-state index is -0.401. The van der Waals surface area contributed by atoms with Gasteiger partial charge in [0.25, 0.3) is 0 Å². The maximum absolute atomic E-state index is 10.9. The molecule has 1 heterocycles. The Morgan fingerprint density at radius 2 is 1.95 bits per heavy atom. The third kappa shape index (κ3) is 3.13. The molecule has 0 radical (unpaired) electrons. The van der Waals surface area contributed by atoms with Crippen molar-refractivity contribution >= 4 is 5.82 Å². The lowest BCUT2D eigenvalue weighted by Crippen LogP contribution is -2.54. The molecule has 1 saturated carbocycles. The van der Waals surface area contributed by atoms with Gasteiger partial charge in [0.05, 0.1) is 6.10 Å². The first-order valence-electron chi connectivity index (χ1n) is 7.61. The van der Waals surface area contributed by atoms with Gasteiger partial charge in [0.15, 0.2) is 0 Å². The number of aliphatic hydroxyl groups excluding tert-OH is 1. The van der Waals surface area contributed by atoms with E-state index in [1.807, 2.05) is 12.1 Å². The smallest absolute Gasteiger partial charge is 0.126 e. The number of rotatable bonds is 4. The molecule has 0 spiro atoms. The van der Waals surface area contributed by atoms with Crippen LogP contribution in [0.15, 0.2) is 18.3 Å². The fourth-order valence-electron chi connectivity index (χ4n) is 3.44. The monoisotopic (exact) mass is 277 g/mol. The molecule has 2 rings (SSSR count). The van der Waals surface area contributed by atoms with E-state index in [0.29, 0.717) is 12.2 Å². The summed E-state index contributed by atoms with van der Waals surface area (Å²) in [5, 5.41) is 10.9. The lowest BCUT2D eigenvalue weighted by atomic mass is 9.80. The van der Waals surface area contributed by atoms with E-state index in [1.54, 1.807) is 6.20 Å². The van der Waals surface area contributed by atoms with Crippen LogP contribution in [-0.4, -0.2) is 40.7 Å². The minimum absolute atomic E-state index is 0.126. The summed E-state index contributed by atoms with van der Waals surface area (Å²) in [5.41, 5.74) is 6.74. The molecule has 1 aliphatic rings. The van der Waals surface area contributed by atoms with E-state index in [4.69, 9.17) is 5.73 Å². The molecule has 1 unspecified atom stereocenters. The average molecular weight is 277 g/mol. The second-order valence-electron chi connectivity index (χ2n) is 6.18. The number of aliphatic hydroxyl groups is 1. The van der Waals surface area contributed by atoms with Crippen molar-refractivity contribution in [3.63, 3.8) is 0 Å². The molecule has 0 saturated heterocycles. The van der Waals surface area contributed by atoms with E-state index in [9.17, 15) is 5.11 Å². The standard InChI is InChI=1S/C16H27N3O/c1-19(2)16(9-5-3-4-6-10-16)14(20)12-13-8-7-11-18-15(13)17/h7-8,11,14,20H,3-6,9-10,12H2,1-2H3,(H2,17,18). The van der Waals surface area contributed by atoms with Crippen molar-refractivity contribution in [1.29, 1.82) is 0 Å². The lowest BCUT2D eigenvalue weighted by Gasteiger charge is -2.43. The van der Waals surface area contributed by atoms with Gasteiger partial charge in [0.2, 0.25) is 0 Å². The van der Waals surface area contributed by atoms with Gasteiger partial charge < -0.3 is 15.7 Å². The number of likely N-dealkylation sites (N-methyl/N-ethyl adjacent to an activating group) is 1. The molecule has 20 heavy (non-hydrogen) atoms. The molecule has 1 aliphatic carbocycles. The van der Waals surface area contributed by atoms with Gasteiger partial charge in [-0.3, -0.25) is 0 Å². The molecular formula is C16H27N3O. The first-order valence-corrected chi connectivity index (χ1v) is 7.61. The number of nitrogen functional groups attached to an aromatic ring is 1. The summed E-state index contributed by atoms with van der Waals surface area (Å²) in [4.78, 5) is 6.33. The van der Waals surface area contributed by atoms with Crippen LogP contribution in [0.2, 0.25) is 0 Å². The molecule has 4 nitrogen and oxygen atoms in total. The van der Waals surface area contributed by atoms with Crippen LogP contribution in [0.3, 0.4) is 0 Å². The molecule has 3 N–H and O–H groups in total. The van der Waals surface area contributed by atoms with Crippen molar-refractivity contribution in [2.75, 3.05) is 19.8 Å². The molecule has 0 aromatic carbocycles. The van der Waals surface area contributed by atoms with Crippen molar-refractivity contribution in [3.05, 3.63) is 23.9 Å². The van der Waals surface area contributed by atoms with E-state index >= 15 is 0 Å². The Morgan fingerprint density at radius 1 is 1.30 bits per heavy atom. The van der Waals surface area contributed by atoms with Crippen LogP contribution in [0.5, 0.6) is 0 Å². The fraction of sp³-hybridized carbons (Fsp3) is 0.688. The summed E-state index contributed by atoms with van der Waals surface area (Å²) in [6, 6.07) is 3.85. The van der Waals surface area contributed by atoms with E-state index < -0.39 is 6.10 Å². The maximum atomic E-state index is 10.9. The van der Waals surface area contributed by atoms with Crippen molar-refractivity contribution in [1.82, 2.24) is 9.88 Å². The molecule has 1 aromatic heterocycles. The van der Waals surface area contributed by atoms with Gasteiger partial charge in [-0.25, -0.2) is 4.98 Å². The van der Waals surface area contributed by atoms with Crippen molar-refractivity contribution in [2.24, 2.45) is 0 Å². The third-order valence-electron chi connectivity index (χ3n) is 4.82. The highest BCUT2D eigenvalue weighted by Crippen LogP contribution is 2.35. The second-order valence-corrected chi connectivity index (χ2v) is 6.18. The number of hydrogen-bond acceptors (Lipinski definition) is 4. The predicted octanol–water partition coefficient (Wildman–Crippen LogP) is 2.22. The molecule has 1 atom stereocenters. The summed E-state index contributed by atoms with van der Waals surface area (Å²) in [5.74, 6) is 0.536. The highest BCUT2D eigenvalue weighted by atomic mass is 16.3. The van der Waals surface area contributed by atoms with Gasteiger partial charge in [0.1, 0.15) is 5.82 Å². The first-order chi connectivity index (χ1) is 9.56. The third-order valence-corrected chi connectivity index (χ3v) is 4.82. The second kappa shape index (κ2) is 6.55. The average Bonchev–Trinajstić information content (AvgIpc) is 2.68. The minimum Gasteiger partial charge on any atom is -0.391 e. The molecule has 0 aliphatic heterocycles. The van der Waals surface area contributed by atoms with Gasteiger partial charge in [-0.05, 0) is 38.6 Å². The Morgan fingerprint density at radius 3 is 2.50 bits per heavy atom. The van der Waals surface area contributed by atoms with Crippen LogP contribution in [-0.2, 0) is 6.42 Å². The normalized spacial score (nSPS) is 20.6. The topological polar surface area (TPSA) is 62.4 Å². The maximum Gasteiger partial charge on any atom is 0.126 e. The van der Waals surface area contributed by atoms with Crippen molar-refractivity contribution < 1.29 is 5.11 Å². The highest BCUT2D eigenvalue weighted by molar-refractivity contribution is 5.39. The fourth-order valence-corrected chi connectivity index (χ4v) is 3.44. The molecule has 112 valence electrons. The Kier molecular flexibility index (Phi) is 5.00. The van der Waals surface area contributed by atoms with Crippen LogP contribution in [0.1, 0.15) is 44.1 Å². The summed E-state index contributed by atoms with van der Waals surface area (Å²) < 4.78 is 0. The van der Waals surface area contributed by atoms with Crippen molar-refractivity contribution in [2.45, 2.75) is 56.6 Å². The zero-order chi connectivity index (χ0) is 14.6. The molecule has 0 amide bonds. The van der Waals surface area contributed by atoms with E-state index in [-0.39, 0.29) is 5.54 Å². The van der Waals surface area contributed by atoms with Gasteiger partial charge in [-0.1, -0.05) is 31.7 Å². The number of nitrogens with zero attached hydrogens (tertiary/aromatic N) is 2. The lowest BCUT2D eigenvalue weighted by molar-refractivity contribution is -0.0173. The van der Waals surface area contributed by atoms with Crippen LogP contribution in [0, 0.1) is 0 Å². The molecule has 1 fully saturated rings. The molecule has 0 bridgehead atoms. The number of hydrogen-bond donors (Lipinski definition) is 2. The van der Waals surface area contributed by atoms with Crippen LogP contribution in [0.4, 0.5) is 5.82 Å². The molecule has 4 heteroatoms. The van der Waals surface area contributed by atoms with E-state index in [2.05, 4.69) is 24.0 Å². The van der Waals surface area contributed by atoms with E-state index in [1.165, 1.54) is 25.7 Å². The quantitative estimate of drug-likeness (QED) is 0.828. The van der Waals surface area contributed by atoms with Gasteiger partial charge in [-0.2, -0.15) is 0 Å². The zero-order valence-corrected chi connectivity index (χ0v) is 12.7. The number of pyridine rings is 1.